The van der Waals surface area contributed by atoms with Crippen LogP contribution in [0.15, 0.2) is 12.4 Å². The van der Waals surface area contributed by atoms with E-state index in [1.54, 1.807) is 13.0 Å². The number of nitrogens with two attached hydrogens (primary N) is 1. The fraction of sp³-hybridized carbons (Fsp3) is 0.545. The molecule has 0 unspecified atom stereocenters. The summed E-state index contributed by atoms with van der Waals surface area (Å²) in [5.74, 6) is 0.769. The summed E-state index contributed by atoms with van der Waals surface area (Å²) in [4.78, 5) is 21.2. The molecule has 2 N–H and O–H groups in total. The Hall–Kier alpha value is -1.85. The Morgan fingerprint density at radius 3 is 2.82 bits per heavy atom. The molecule has 6 nitrogen and oxygen atoms in total. The lowest BCUT2D eigenvalue weighted by molar-refractivity contribution is -0.141. The minimum Gasteiger partial charge on any atom is -0.465 e. The standard InChI is InChI=1S/C11H18N4O2/c1-3-5-15(7-11(16)17-4-2)10-6-9(12)13-8-14-10/h6,8H,3-5,7H2,1-2H3,(H2,12,13,14). The minimum atomic E-state index is -0.266. The summed E-state index contributed by atoms with van der Waals surface area (Å²) in [5, 5.41) is 0. The number of nitrogens with zero attached hydrogens (tertiary/aromatic N) is 3. The molecule has 1 aromatic heterocycles. The van der Waals surface area contributed by atoms with E-state index in [1.807, 2.05) is 11.8 Å². The van der Waals surface area contributed by atoms with E-state index in [-0.39, 0.29) is 12.5 Å². The van der Waals surface area contributed by atoms with Gasteiger partial charge in [-0.25, -0.2) is 9.97 Å². The molecule has 0 fully saturated rings. The molecule has 0 radical (unpaired) electrons. The summed E-state index contributed by atoms with van der Waals surface area (Å²) in [6.45, 7) is 5.09. The predicted octanol–water partition coefficient (Wildman–Crippen LogP) is 0.838. The van der Waals surface area contributed by atoms with Crippen molar-refractivity contribution < 1.29 is 9.53 Å². The van der Waals surface area contributed by atoms with Crippen molar-refractivity contribution in [1.82, 2.24) is 9.97 Å². The quantitative estimate of drug-likeness (QED) is 0.739. The number of aromatic nitrogens is 2. The smallest absolute Gasteiger partial charge is 0.325 e. The molecule has 0 spiro atoms. The Kier molecular flexibility index (Phi) is 5.19. The Morgan fingerprint density at radius 1 is 1.47 bits per heavy atom. The highest BCUT2D eigenvalue weighted by Gasteiger charge is 2.13. The van der Waals surface area contributed by atoms with Gasteiger partial charge >= 0.3 is 5.97 Å². The number of hydrogen-bond acceptors (Lipinski definition) is 6. The number of anilines is 2. The molecule has 1 aromatic rings. The average Bonchev–Trinajstić information content (AvgIpc) is 2.29. The molecule has 1 rings (SSSR count). The second-order valence-corrected chi connectivity index (χ2v) is 3.53. The number of carbonyl (C=O) groups is 1. The maximum atomic E-state index is 11.4. The lowest BCUT2D eigenvalue weighted by atomic mass is 10.3. The topological polar surface area (TPSA) is 81.3 Å². The zero-order valence-electron chi connectivity index (χ0n) is 10.2. The Labute approximate surface area is 101 Å². The van der Waals surface area contributed by atoms with E-state index in [0.717, 1.165) is 13.0 Å². The molecule has 1 heterocycles. The van der Waals surface area contributed by atoms with Crippen molar-refractivity contribution in [2.24, 2.45) is 0 Å². The summed E-state index contributed by atoms with van der Waals surface area (Å²) in [6.07, 6.45) is 2.29. The third kappa shape index (κ3) is 4.26. The highest BCUT2D eigenvalue weighted by molar-refractivity contribution is 5.75. The number of rotatable bonds is 6. The first-order valence-electron chi connectivity index (χ1n) is 5.65. The van der Waals surface area contributed by atoms with E-state index in [1.165, 1.54) is 6.33 Å². The van der Waals surface area contributed by atoms with E-state index in [0.29, 0.717) is 18.2 Å². The van der Waals surface area contributed by atoms with E-state index in [9.17, 15) is 4.79 Å². The second kappa shape index (κ2) is 6.67. The van der Waals surface area contributed by atoms with Crippen molar-refractivity contribution >= 4 is 17.6 Å². The summed E-state index contributed by atoms with van der Waals surface area (Å²) >= 11 is 0. The molecular weight excluding hydrogens is 220 g/mol. The minimum absolute atomic E-state index is 0.179. The summed E-state index contributed by atoms with van der Waals surface area (Å²) in [7, 11) is 0. The van der Waals surface area contributed by atoms with Crippen molar-refractivity contribution in [3.8, 4) is 0 Å². The third-order valence-electron chi connectivity index (χ3n) is 2.12. The van der Waals surface area contributed by atoms with Crippen molar-refractivity contribution in [3.63, 3.8) is 0 Å². The van der Waals surface area contributed by atoms with Crippen LogP contribution in [0.5, 0.6) is 0 Å². The van der Waals surface area contributed by atoms with E-state index in [2.05, 4.69) is 9.97 Å². The van der Waals surface area contributed by atoms with Gasteiger partial charge in [0, 0.05) is 12.6 Å². The van der Waals surface area contributed by atoms with Crippen molar-refractivity contribution in [3.05, 3.63) is 12.4 Å². The van der Waals surface area contributed by atoms with Gasteiger partial charge in [0.25, 0.3) is 0 Å². The van der Waals surface area contributed by atoms with Crippen molar-refractivity contribution in [2.75, 3.05) is 30.3 Å². The predicted molar refractivity (Wildman–Crippen MR) is 65.6 cm³/mol. The maximum Gasteiger partial charge on any atom is 0.325 e. The molecule has 0 aliphatic heterocycles. The molecule has 0 amide bonds. The SMILES string of the molecule is CCCN(CC(=O)OCC)c1cc(N)ncn1. The van der Waals surface area contributed by atoms with Crippen LogP contribution in [0.4, 0.5) is 11.6 Å². The molecule has 94 valence electrons. The highest BCUT2D eigenvalue weighted by Crippen LogP contribution is 2.12. The van der Waals surface area contributed by atoms with Crippen LogP contribution < -0.4 is 10.6 Å². The average molecular weight is 238 g/mol. The van der Waals surface area contributed by atoms with Gasteiger partial charge in [0.1, 0.15) is 24.5 Å². The maximum absolute atomic E-state index is 11.4. The fourth-order valence-corrected chi connectivity index (χ4v) is 1.44. The normalized spacial score (nSPS) is 10.0. The molecule has 0 atom stereocenters. The zero-order valence-corrected chi connectivity index (χ0v) is 10.2. The van der Waals surface area contributed by atoms with Gasteiger partial charge < -0.3 is 15.4 Å². The first kappa shape index (κ1) is 13.2. The second-order valence-electron chi connectivity index (χ2n) is 3.53. The van der Waals surface area contributed by atoms with E-state index < -0.39 is 0 Å². The number of ether oxygens (including phenoxy) is 1. The van der Waals surface area contributed by atoms with Gasteiger partial charge in [-0.15, -0.1) is 0 Å². The van der Waals surface area contributed by atoms with Gasteiger partial charge in [0.05, 0.1) is 6.61 Å². The van der Waals surface area contributed by atoms with E-state index >= 15 is 0 Å². The van der Waals surface area contributed by atoms with Crippen molar-refractivity contribution in [1.29, 1.82) is 0 Å². The third-order valence-corrected chi connectivity index (χ3v) is 2.12. The van der Waals surface area contributed by atoms with Crippen LogP contribution in [0.1, 0.15) is 20.3 Å². The Balaban J connectivity index is 2.74. The number of nitrogen functional groups attached to an aromatic ring is 1. The van der Waals surface area contributed by atoms with Crippen LogP contribution in [-0.4, -0.2) is 35.6 Å². The molecule has 0 aliphatic rings. The lowest BCUT2D eigenvalue weighted by Crippen LogP contribution is -2.32. The molecule has 0 aliphatic carbocycles. The van der Waals surface area contributed by atoms with E-state index in [4.69, 9.17) is 10.5 Å². The van der Waals surface area contributed by atoms with Crippen LogP contribution in [0.3, 0.4) is 0 Å². The van der Waals surface area contributed by atoms with Crippen molar-refractivity contribution in [2.45, 2.75) is 20.3 Å². The van der Waals surface area contributed by atoms with Gasteiger partial charge in [-0.2, -0.15) is 0 Å². The lowest BCUT2D eigenvalue weighted by Gasteiger charge is -2.21. The number of carbonyl (C=O) groups excluding carboxylic acids is 1. The summed E-state index contributed by atoms with van der Waals surface area (Å²) in [5.41, 5.74) is 5.59. The number of esters is 1. The van der Waals surface area contributed by atoms with Gasteiger partial charge in [-0.3, -0.25) is 4.79 Å². The molecule has 17 heavy (non-hydrogen) atoms. The highest BCUT2D eigenvalue weighted by atomic mass is 16.5. The van der Waals surface area contributed by atoms with Crippen LogP contribution in [-0.2, 0) is 9.53 Å². The molecule has 0 aromatic carbocycles. The Morgan fingerprint density at radius 2 is 2.24 bits per heavy atom. The van der Waals surface area contributed by atoms with Gasteiger partial charge in [0.15, 0.2) is 0 Å². The Bertz CT molecular complexity index is 370. The fourth-order valence-electron chi connectivity index (χ4n) is 1.44. The van der Waals surface area contributed by atoms with Gasteiger partial charge in [0.2, 0.25) is 0 Å². The van der Waals surface area contributed by atoms with Crippen LogP contribution in [0, 0.1) is 0 Å². The molecule has 6 heteroatoms. The summed E-state index contributed by atoms with van der Waals surface area (Å²) in [6, 6.07) is 1.65. The monoisotopic (exact) mass is 238 g/mol. The van der Waals surface area contributed by atoms with Gasteiger partial charge in [-0.05, 0) is 13.3 Å². The molecule has 0 saturated carbocycles. The molecule has 0 saturated heterocycles. The molecule has 0 bridgehead atoms. The zero-order chi connectivity index (χ0) is 12.7. The van der Waals surface area contributed by atoms with Crippen LogP contribution in [0.2, 0.25) is 0 Å². The molecular formula is C11H18N4O2. The van der Waals surface area contributed by atoms with Crippen LogP contribution in [0.25, 0.3) is 0 Å². The summed E-state index contributed by atoms with van der Waals surface area (Å²) < 4.78 is 4.92. The van der Waals surface area contributed by atoms with Crippen LogP contribution >= 0.6 is 0 Å². The van der Waals surface area contributed by atoms with Gasteiger partial charge in [-0.1, -0.05) is 6.92 Å². The number of hydrogen-bond donors (Lipinski definition) is 1. The largest absolute Gasteiger partial charge is 0.465 e. The first-order valence-corrected chi connectivity index (χ1v) is 5.65. The first-order chi connectivity index (χ1) is 8.17.